The first-order valence-corrected chi connectivity index (χ1v) is 35.5. The molecule has 33 nitrogen and oxygen atoms in total. The number of methoxy groups -OCH3 is 2. The van der Waals surface area contributed by atoms with E-state index in [0.29, 0.717) is 111 Å². The molecule has 4 rings (SSSR count). The number of hydrogen-bond acceptors (Lipinski definition) is 26. The van der Waals surface area contributed by atoms with Gasteiger partial charge in [0.15, 0.2) is 6.10 Å². The smallest absolute Gasteiger partial charge is 0.410 e. The van der Waals surface area contributed by atoms with E-state index in [2.05, 4.69) is 20.8 Å². The van der Waals surface area contributed by atoms with Crippen molar-refractivity contribution in [1.29, 1.82) is 0 Å². The van der Waals surface area contributed by atoms with Gasteiger partial charge in [-0.2, -0.15) is 0 Å². The van der Waals surface area contributed by atoms with Crippen molar-refractivity contribution >= 4 is 47.3 Å². The number of likely N-dealkylation sites (tertiary alicyclic amines) is 1. The molecule has 2 aromatic rings. The lowest BCUT2D eigenvalue weighted by atomic mass is 9.89. The number of carboxylic acid groups (broad SMARTS) is 1. The fraction of sp³-hybridized carbons (Fsp3) is 0.732. The second kappa shape index (κ2) is 48.8. The largest absolute Gasteiger partial charge is 0.479 e. The lowest BCUT2D eigenvalue weighted by Crippen LogP contribution is -2.61. The Balaban J connectivity index is 1.34. The third-order valence-corrected chi connectivity index (χ3v) is 18.0. The number of aliphatic hydroxyl groups is 4. The Morgan fingerprint density at radius 3 is 1.72 bits per heavy atom. The Bertz CT molecular complexity index is 2840. The van der Waals surface area contributed by atoms with Gasteiger partial charge in [0, 0.05) is 46.1 Å². The van der Waals surface area contributed by atoms with Gasteiger partial charge in [-0.1, -0.05) is 85.2 Å². The van der Waals surface area contributed by atoms with Crippen LogP contribution in [-0.2, 0) is 97.1 Å². The number of carbonyl (C=O) groups excluding carboxylic acids is 6. The number of aliphatic hydroxyl groups excluding tert-OH is 4. The van der Waals surface area contributed by atoms with E-state index in [9.17, 15) is 59.1 Å². The van der Waals surface area contributed by atoms with Crippen molar-refractivity contribution in [2.75, 3.05) is 152 Å². The summed E-state index contributed by atoms with van der Waals surface area (Å²) in [4.78, 5) is 106. The summed E-state index contributed by atoms with van der Waals surface area (Å²) >= 11 is 0. The van der Waals surface area contributed by atoms with Gasteiger partial charge in [-0.25, -0.2) is 15.5 Å². The molecule has 2 aliphatic heterocycles. The highest BCUT2D eigenvalue weighted by Crippen LogP contribution is 2.33. The van der Waals surface area contributed by atoms with Gasteiger partial charge in [0.25, 0.3) is 0 Å². The number of nitrogens with zero attached hydrogens (tertiary/aromatic N) is 3. The number of carbonyl (C=O) groups is 7. The van der Waals surface area contributed by atoms with E-state index in [1.165, 1.54) is 44.4 Å². The highest BCUT2D eigenvalue weighted by Gasteiger charge is 2.49. The third kappa shape index (κ3) is 29.4. The van der Waals surface area contributed by atoms with Gasteiger partial charge in [-0.3, -0.25) is 28.9 Å². The fourth-order valence-electron chi connectivity index (χ4n) is 12.1. The van der Waals surface area contributed by atoms with E-state index in [0.717, 1.165) is 4.90 Å². The quantitative estimate of drug-likeness (QED) is 0.0337. The molecule has 2 heterocycles. The van der Waals surface area contributed by atoms with Crippen LogP contribution in [0.25, 0.3) is 0 Å². The number of aliphatic carboxylic acids is 1. The van der Waals surface area contributed by atoms with Crippen LogP contribution in [0.4, 0.5) is 10.5 Å². The van der Waals surface area contributed by atoms with Gasteiger partial charge in [-0.05, 0) is 61.3 Å². The van der Waals surface area contributed by atoms with E-state index in [1.54, 1.807) is 77.8 Å². The number of ether oxygens (including phenoxy) is 13. The highest BCUT2D eigenvalue weighted by atomic mass is 16.7. The first-order chi connectivity index (χ1) is 49.7. The van der Waals surface area contributed by atoms with Crippen molar-refractivity contribution < 1.29 is 126 Å². The summed E-state index contributed by atoms with van der Waals surface area (Å²) in [6.45, 7) is 19.1. The number of anilines is 1. The first-order valence-electron chi connectivity index (χ1n) is 35.5. The lowest BCUT2D eigenvalue weighted by molar-refractivity contribution is -0.271. The zero-order valence-corrected chi connectivity index (χ0v) is 62.4. The normalized spacial score (nSPS) is 20.2. The molecule has 104 heavy (non-hydrogen) atoms. The molecular formula is C71H117N7O26. The van der Waals surface area contributed by atoms with Crippen molar-refractivity contribution in [2.45, 2.75) is 167 Å². The number of amides is 6. The van der Waals surface area contributed by atoms with Gasteiger partial charge in [-0.15, -0.1) is 0 Å². The summed E-state index contributed by atoms with van der Waals surface area (Å²) < 4.78 is 72.7. The molecule has 0 aliphatic carbocycles. The number of nitrogens with two attached hydrogens (primary N) is 1. The van der Waals surface area contributed by atoms with E-state index in [4.69, 9.17) is 67.5 Å². The minimum absolute atomic E-state index is 0.0154. The van der Waals surface area contributed by atoms with Crippen LogP contribution in [0.1, 0.15) is 98.3 Å². The van der Waals surface area contributed by atoms with E-state index in [-0.39, 0.29) is 67.6 Å². The van der Waals surface area contributed by atoms with Crippen LogP contribution in [-0.4, -0.2) is 302 Å². The molecule has 15 atom stereocenters. The summed E-state index contributed by atoms with van der Waals surface area (Å²) in [5, 5.41) is 61.0. The maximum atomic E-state index is 14.9. The zero-order chi connectivity index (χ0) is 76.8. The number of nitrogens with one attached hydrogen (secondary N) is 3. The molecule has 592 valence electrons. The van der Waals surface area contributed by atoms with Crippen molar-refractivity contribution in [1.82, 2.24) is 25.3 Å². The first kappa shape index (κ1) is 90.0. The highest BCUT2D eigenvalue weighted by molar-refractivity contribution is 5.93. The second-order valence-corrected chi connectivity index (χ2v) is 26.3. The molecule has 6 amide bonds. The van der Waals surface area contributed by atoms with Crippen molar-refractivity contribution in [3.05, 3.63) is 59.7 Å². The van der Waals surface area contributed by atoms with Crippen molar-refractivity contribution in [3.8, 4) is 5.75 Å². The van der Waals surface area contributed by atoms with Gasteiger partial charge < -0.3 is 118 Å². The Morgan fingerprint density at radius 1 is 0.673 bits per heavy atom. The molecule has 10 N–H and O–H groups in total. The number of rotatable bonds is 52. The van der Waals surface area contributed by atoms with Crippen LogP contribution in [0.5, 0.6) is 5.75 Å². The molecule has 0 saturated carbocycles. The Labute approximate surface area is 610 Å². The molecule has 0 aromatic heterocycles. The Morgan fingerprint density at radius 2 is 1.22 bits per heavy atom. The minimum atomic E-state index is -2.03. The van der Waals surface area contributed by atoms with Crippen LogP contribution in [0, 0.1) is 23.7 Å². The molecule has 0 bridgehead atoms. The number of carboxylic acids is 1. The summed E-state index contributed by atoms with van der Waals surface area (Å²) in [6.07, 6.45) is -11.8. The molecule has 2 fully saturated rings. The Kier molecular flexibility index (Phi) is 42.2. The average molecular weight is 1480 g/mol. The molecule has 2 aromatic carbocycles. The second-order valence-electron chi connectivity index (χ2n) is 26.3. The van der Waals surface area contributed by atoms with Gasteiger partial charge in [0.1, 0.15) is 49.4 Å². The summed E-state index contributed by atoms with van der Waals surface area (Å²) in [6, 6.07) is 8.84. The van der Waals surface area contributed by atoms with Crippen LogP contribution in [0.3, 0.4) is 0 Å². The molecule has 2 aliphatic rings. The predicted molar refractivity (Wildman–Crippen MR) is 375 cm³/mol. The summed E-state index contributed by atoms with van der Waals surface area (Å²) in [7, 11) is 5.89. The minimum Gasteiger partial charge on any atom is -0.479 e. The van der Waals surface area contributed by atoms with Crippen molar-refractivity contribution in [3.63, 3.8) is 0 Å². The van der Waals surface area contributed by atoms with Gasteiger partial charge in [0.2, 0.25) is 35.8 Å². The molecule has 2 saturated heterocycles. The molecule has 33 heteroatoms. The fourth-order valence-corrected chi connectivity index (χ4v) is 12.1. The standard InChI is InChI=1S/C71H117N7O26/c1-13-46(6)59(54(91-11)41-56(80)78-23-17-20-52(78)64(92-12)47(7)66(85)73-48(8)60(81)49-18-15-14-16-19-49)76(9)68(87)57(44(2)3)75-67(86)58(45(4)5)77(10)71(90)101-42-50-40-51(21-22-53(50)103-70-63(84)61(82)62(83)65(104-70)69(88)89)74-55(79)43-100-37-36-98-33-32-96-29-28-94-25-24-93-26-27-95-30-31-97-34-35-99-38-39-102-72/h14-16,18-19,21-22,40,44-48,52,54,57-65,70,81-84H,13,17,20,23-39,41-43,72H2,1-12H3,(H,73,85)(H,74,79)(H,75,86)(H,88,89)/t46-,47+,48+,52-,54+,57-,58-,59-,60+,61?,62?,63?,64+,65?,70?/m0/s1. The van der Waals surface area contributed by atoms with Crippen LogP contribution < -0.4 is 26.6 Å². The number of likely N-dealkylation sites (N-methyl/N-ethyl adjacent to an activating group) is 2. The monoisotopic (exact) mass is 1480 g/mol. The summed E-state index contributed by atoms with van der Waals surface area (Å²) in [5.41, 5.74) is 0.806. The van der Waals surface area contributed by atoms with Crippen molar-refractivity contribution in [2.24, 2.45) is 29.6 Å². The lowest BCUT2D eigenvalue weighted by Gasteiger charge is -2.41. The molecule has 0 radical (unpaired) electrons. The molecular weight excluding hydrogens is 1370 g/mol. The van der Waals surface area contributed by atoms with Crippen LogP contribution in [0.2, 0.25) is 0 Å². The number of hydrogen-bond donors (Lipinski definition) is 9. The number of benzene rings is 2. The Hall–Kier alpha value is -6.35. The van der Waals surface area contributed by atoms with Crippen LogP contribution in [0.15, 0.2) is 48.5 Å². The topological polar surface area (TPSA) is 422 Å². The van der Waals surface area contributed by atoms with Gasteiger partial charge >= 0.3 is 12.1 Å². The SMILES string of the molecule is CC[C@H](C)[C@@H]([C@@H](CC(=O)N1CCC[C@H]1[C@H](OC)[C@@H](C)C(=O)N[C@H](C)[C@@H](O)c1ccccc1)OC)N(C)C(=O)[C@@H](NC(=O)[C@H](C(C)C)N(C)C(=O)OCc1cc(NC(=O)COCCOCCOCCOCCOCCOCCOCCOCCON)ccc1OC1OC(C(=O)O)C(O)C(O)C1O)C(C)C. The zero-order valence-electron chi connectivity index (χ0n) is 62.4. The maximum Gasteiger partial charge on any atom is 0.410 e. The van der Waals surface area contributed by atoms with Gasteiger partial charge in [0.05, 0.1) is 154 Å². The third-order valence-electron chi connectivity index (χ3n) is 18.0. The maximum absolute atomic E-state index is 14.9. The van der Waals surface area contributed by atoms with Crippen LogP contribution >= 0.6 is 0 Å². The molecule has 5 unspecified atom stereocenters. The average Bonchev–Trinajstić information content (AvgIpc) is 1.80. The molecule has 0 spiro atoms. The summed E-state index contributed by atoms with van der Waals surface area (Å²) in [5.74, 6) is -1.34. The van der Waals surface area contributed by atoms with E-state index >= 15 is 0 Å². The van der Waals surface area contributed by atoms with E-state index in [1.807, 2.05) is 19.9 Å². The van der Waals surface area contributed by atoms with E-state index < -0.39 is 140 Å². The predicted octanol–water partition coefficient (Wildman–Crippen LogP) is 1.81.